The minimum Gasteiger partial charge on any atom is -0.381 e. The molecule has 0 saturated carbocycles. The summed E-state index contributed by atoms with van der Waals surface area (Å²) in [6.07, 6.45) is -8.79. The van der Waals surface area contributed by atoms with Gasteiger partial charge < -0.3 is 15.0 Å². The van der Waals surface area contributed by atoms with E-state index >= 15 is 0 Å². The third kappa shape index (κ3) is 6.50. The molecule has 9 nitrogen and oxygen atoms in total. The fourth-order valence-electron chi connectivity index (χ4n) is 4.29. The Morgan fingerprint density at radius 3 is 2.33 bits per heavy atom. The molecule has 0 bridgehead atoms. The first kappa shape index (κ1) is 31.5. The molecule has 0 fully saturated rings. The number of hydrogen-bond acceptors (Lipinski definition) is 7. The zero-order valence-corrected chi connectivity index (χ0v) is 22.2. The number of aromatic nitrogens is 5. The molecule has 0 aliphatic heterocycles. The van der Waals surface area contributed by atoms with Gasteiger partial charge in [0.05, 0.1) is 29.4 Å². The number of nitrogens with one attached hydrogen (secondary N) is 2. The van der Waals surface area contributed by atoms with Gasteiger partial charge in [-0.05, 0) is 37.4 Å². The molecule has 230 valence electrons. The van der Waals surface area contributed by atoms with E-state index in [1.807, 2.05) is 0 Å². The number of benzene rings is 1. The van der Waals surface area contributed by atoms with Crippen LogP contribution in [0.1, 0.15) is 31.4 Å². The number of pyridine rings is 1. The van der Waals surface area contributed by atoms with Crippen molar-refractivity contribution in [2.24, 2.45) is 0 Å². The maximum atomic E-state index is 15.0. The lowest BCUT2D eigenvalue weighted by Gasteiger charge is -2.25. The van der Waals surface area contributed by atoms with E-state index in [-0.39, 0.29) is 28.6 Å². The van der Waals surface area contributed by atoms with Gasteiger partial charge in [0.25, 0.3) is 11.1 Å². The van der Waals surface area contributed by atoms with Crippen LogP contribution in [-0.2, 0) is 18.3 Å². The van der Waals surface area contributed by atoms with Gasteiger partial charge in [0.2, 0.25) is 0 Å². The topological polar surface area (TPSA) is 126 Å². The number of anilines is 1. The lowest BCUT2D eigenvalue weighted by Crippen LogP contribution is -2.39. The maximum Gasteiger partial charge on any atom is 0.423 e. The highest BCUT2D eigenvalue weighted by molar-refractivity contribution is 5.86. The molecule has 1 aromatic carbocycles. The van der Waals surface area contributed by atoms with E-state index < -0.39 is 70.5 Å². The average Bonchev–Trinajstić information content (AvgIpc) is 2.89. The highest BCUT2D eigenvalue weighted by atomic mass is 19.4. The predicted octanol–water partition coefficient (Wildman–Crippen LogP) is 4.70. The van der Waals surface area contributed by atoms with Crippen molar-refractivity contribution in [3.8, 4) is 11.4 Å². The van der Waals surface area contributed by atoms with Gasteiger partial charge in [-0.2, -0.15) is 31.4 Å². The summed E-state index contributed by atoms with van der Waals surface area (Å²) >= 11 is 0. The molecular weight excluding hydrogens is 596 g/mol. The van der Waals surface area contributed by atoms with Crippen molar-refractivity contribution in [1.82, 2.24) is 24.7 Å². The summed E-state index contributed by atoms with van der Waals surface area (Å²) in [6, 6.07) is 2.44. The zero-order valence-electron chi connectivity index (χ0n) is 22.2. The number of rotatable bonds is 8. The summed E-state index contributed by atoms with van der Waals surface area (Å²) in [7, 11) is 0. The van der Waals surface area contributed by atoms with Crippen molar-refractivity contribution in [1.29, 1.82) is 0 Å². The van der Waals surface area contributed by atoms with Crippen LogP contribution in [0.25, 0.3) is 22.2 Å². The molecule has 17 heteroatoms. The molecule has 0 saturated heterocycles. The van der Waals surface area contributed by atoms with E-state index in [9.17, 15) is 49.8 Å². The Hall–Kier alpha value is -4.41. The largest absolute Gasteiger partial charge is 0.423 e. The fourth-order valence-corrected chi connectivity index (χ4v) is 4.29. The van der Waals surface area contributed by atoms with Crippen LogP contribution in [0, 0.1) is 5.82 Å². The summed E-state index contributed by atoms with van der Waals surface area (Å²) in [5.74, 6) is -1.32. The van der Waals surface area contributed by atoms with Gasteiger partial charge in [-0.1, -0.05) is 0 Å². The van der Waals surface area contributed by atoms with Crippen LogP contribution in [0.4, 0.5) is 40.8 Å². The van der Waals surface area contributed by atoms with Crippen molar-refractivity contribution in [2.45, 2.75) is 57.0 Å². The van der Waals surface area contributed by atoms with Gasteiger partial charge in [0, 0.05) is 36.6 Å². The van der Waals surface area contributed by atoms with E-state index in [1.54, 1.807) is 5.10 Å². The van der Waals surface area contributed by atoms with Crippen LogP contribution in [0.3, 0.4) is 0 Å². The van der Waals surface area contributed by atoms with E-state index in [1.165, 1.54) is 25.3 Å². The second kappa shape index (κ2) is 11.3. The molecule has 0 aliphatic rings. The smallest absolute Gasteiger partial charge is 0.381 e. The lowest BCUT2D eigenvalue weighted by molar-refractivity contribution is -0.259. The molecule has 0 aliphatic carbocycles. The van der Waals surface area contributed by atoms with E-state index in [0.29, 0.717) is 19.3 Å². The van der Waals surface area contributed by atoms with Crippen LogP contribution in [-0.4, -0.2) is 48.2 Å². The van der Waals surface area contributed by atoms with E-state index in [4.69, 9.17) is 0 Å². The lowest BCUT2D eigenvalue weighted by atomic mass is 9.98. The summed E-state index contributed by atoms with van der Waals surface area (Å²) in [5.41, 5.74) is -8.60. The first-order chi connectivity index (χ1) is 19.9. The fraction of sp³-hybridized carbons (Fsp3) is 0.346. The van der Waals surface area contributed by atoms with Crippen LogP contribution < -0.4 is 16.4 Å². The van der Waals surface area contributed by atoms with Crippen LogP contribution >= 0.6 is 0 Å². The molecular formula is C26H22F8N6O3. The molecule has 0 unspecified atom stereocenters. The number of H-pyrrole nitrogens is 1. The molecule has 4 aromatic rings. The second-order valence-corrected chi connectivity index (χ2v) is 9.92. The normalized spacial score (nSPS) is 15.2. The number of hydrogen-bond donors (Lipinski definition) is 3. The van der Waals surface area contributed by atoms with Crippen molar-refractivity contribution in [2.75, 3.05) is 5.32 Å². The molecule has 0 radical (unpaired) electrons. The predicted molar refractivity (Wildman–Crippen MR) is 137 cm³/mol. The maximum absolute atomic E-state index is 15.0. The Kier molecular flexibility index (Phi) is 8.32. The Balaban J connectivity index is 1.52. The number of aliphatic hydroxyl groups is 1. The van der Waals surface area contributed by atoms with Crippen LogP contribution in [0.15, 0.2) is 52.6 Å². The van der Waals surface area contributed by atoms with Gasteiger partial charge in [0.1, 0.15) is 17.6 Å². The van der Waals surface area contributed by atoms with Gasteiger partial charge in [0.15, 0.2) is 11.4 Å². The number of halogens is 8. The standard InChI is InChI=1S/C26H22F8N6O3/c1-12(38-19-10-37-39-22(41)20(19)25(29,30)31)5-15(27)11-40-4-3-13-6-17(18(28)7-16(13)23(40)42)21-35-8-14(9-36-21)24(2,43)26(32,33)34/h3-4,6-10,12,15,43H,5,11H2,1-2H3,(H2,38,39,41)/t12-,15-,24+/m1/s1. The number of alkyl halides is 7. The third-order valence-electron chi connectivity index (χ3n) is 6.62. The Morgan fingerprint density at radius 2 is 1.72 bits per heavy atom. The molecule has 3 heterocycles. The van der Waals surface area contributed by atoms with Gasteiger partial charge in [-0.3, -0.25) is 9.59 Å². The SMILES string of the molecule is C[C@H](C[C@@H](F)Cn1ccc2cc(-c3ncc([C@](C)(O)C(F)(F)F)cn3)c(F)cc2c1=O)Nc1cn[nH]c(=O)c1C(F)(F)F. The Labute approximate surface area is 236 Å². The van der Waals surface area contributed by atoms with Gasteiger partial charge in [-0.25, -0.2) is 23.8 Å². The molecule has 3 aromatic heterocycles. The minimum absolute atomic E-state index is 0.164. The van der Waals surface area contributed by atoms with Crippen molar-refractivity contribution >= 4 is 16.5 Å². The highest BCUT2D eigenvalue weighted by Gasteiger charge is 2.51. The first-order valence-corrected chi connectivity index (χ1v) is 12.4. The van der Waals surface area contributed by atoms with Gasteiger partial charge >= 0.3 is 12.4 Å². The van der Waals surface area contributed by atoms with Crippen LogP contribution in [0.5, 0.6) is 0 Å². The third-order valence-corrected chi connectivity index (χ3v) is 6.62. The average molecular weight is 618 g/mol. The number of nitrogens with zero attached hydrogens (tertiary/aromatic N) is 4. The molecule has 43 heavy (non-hydrogen) atoms. The molecule has 0 spiro atoms. The van der Waals surface area contributed by atoms with Crippen molar-refractivity contribution < 1.29 is 40.2 Å². The second-order valence-electron chi connectivity index (χ2n) is 9.92. The summed E-state index contributed by atoms with van der Waals surface area (Å²) in [6.45, 7) is 1.35. The molecule has 3 N–H and O–H groups in total. The summed E-state index contributed by atoms with van der Waals surface area (Å²) in [5, 5.41) is 17.2. The first-order valence-electron chi connectivity index (χ1n) is 12.4. The quantitative estimate of drug-likeness (QED) is 0.245. The van der Waals surface area contributed by atoms with Crippen molar-refractivity contribution in [3.05, 3.63) is 80.6 Å². The van der Waals surface area contributed by atoms with E-state index in [0.717, 1.165) is 16.8 Å². The molecule has 0 amide bonds. The zero-order chi connectivity index (χ0) is 31.9. The van der Waals surface area contributed by atoms with Gasteiger partial charge in [-0.15, -0.1) is 0 Å². The summed E-state index contributed by atoms with van der Waals surface area (Å²) < 4.78 is 110. The Bertz CT molecular complexity index is 1750. The van der Waals surface area contributed by atoms with Crippen molar-refractivity contribution in [3.63, 3.8) is 0 Å². The van der Waals surface area contributed by atoms with Crippen LogP contribution in [0.2, 0.25) is 0 Å². The minimum atomic E-state index is -5.02. The number of aromatic amines is 1. The molecule has 4 rings (SSSR count). The summed E-state index contributed by atoms with van der Waals surface area (Å²) in [4.78, 5) is 32.0. The number of fused-ring (bicyclic) bond motifs is 1. The van der Waals surface area contributed by atoms with E-state index in [2.05, 4.69) is 20.4 Å². The monoisotopic (exact) mass is 618 g/mol. The Morgan fingerprint density at radius 1 is 1.07 bits per heavy atom. The highest BCUT2D eigenvalue weighted by Crippen LogP contribution is 2.38. The molecule has 3 atom stereocenters.